The Balaban J connectivity index is 1.90. The Kier molecular flexibility index (Phi) is 3.99. The van der Waals surface area contributed by atoms with Crippen molar-refractivity contribution in [2.45, 2.75) is 20.4 Å². The van der Waals surface area contributed by atoms with E-state index in [9.17, 15) is 4.79 Å². The van der Waals surface area contributed by atoms with Crippen molar-refractivity contribution in [3.63, 3.8) is 0 Å². The Bertz CT molecular complexity index is 548. The molecule has 0 aliphatic carbocycles. The lowest BCUT2D eigenvalue weighted by Crippen LogP contribution is -2.28. The summed E-state index contributed by atoms with van der Waals surface area (Å²) in [7, 11) is 0. The van der Waals surface area contributed by atoms with Gasteiger partial charge in [-0.15, -0.1) is 11.3 Å². The van der Waals surface area contributed by atoms with Crippen LogP contribution in [-0.4, -0.2) is 6.03 Å². The Morgan fingerprint density at radius 2 is 1.94 bits per heavy atom. The van der Waals surface area contributed by atoms with E-state index in [2.05, 4.69) is 16.7 Å². The third kappa shape index (κ3) is 3.11. The van der Waals surface area contributed by atoms with E-state index in [0.717, 1.165) is 11.3 Å². The highest BCUT2D eigenvalue weighted by atomic mass is 32.1. The molecular weight excluding hydrogens is 244 g/mol. The van der Waals surface area contributed by atoms with E-state index >= 15 is 0 Å². The molecule has 2 aromatic rings. The minimum Gasteiger partial charge on any atom is -0.333 e. The summed E-state index contributed by atoms with van der Waals surface area (Å²) in [4.78, 5) is 12.9. The van der Waals surface area contributed by atoms with Gasteiger partial charge in [0, 0.05) is 10.6 Å². The number of carbonyl (C=O) groups excluding carboxylic acids is 1. The third-order valence-electron chi connectivity index (χ3n) is 2.77. The average molecular weight is 260 g/mol. The van der Waals surface area contributed by atoms with Crippen LogP contribution in [0.4, 0.5) is 10.5 Å². The SMILES string of the molecule is Cc1ccccc1NC(=O)NCc1sccc1C. The van der Waals surface area contributed by atoms with Gasteiger partial charge in [0.1, 0.15) is 0 Å². The summed E-state index contributed by atoms with van der Waals surface area (Å²) >= 11 is 1.66. The molecule has 2 N–H and O–H groups in total. The first-order chi connectivity index (χ1) is 8.66. The van der Waals surface area contributed by atoms with Crippen molar-refractivity contribution in [1.82, 2.24) is 5.32 Å². The molecule has 18 heavy (non-hydrogen) atoms. The number of rotatable bonds is 3. The van der Waals surface area contributed by atoms with Crippen molar-refractivity contribution in [2.75, 3.05) is 5.32 Å². The summed E-state index contributed by atoms with van der Waals surface area (Å²) in [5.74, 6) is 0. The van der Waals surface area contributed by atoms with E-state index in [1.165, 1.54) is 10.4 Å². The Labute approximate surface area is 111 Å². The monoisotopic (exact) mass is 260 g/mol. The van der Waals surface area contributed by atoms with E-state index in [1.807, 2.05) is 43.5 Å². The number of hydrogen-bond donors (Lipinski definition) is 2. The normalized spacial score (nSPS) is 10.1. The van der Waals surface area contributed by atoms with E-state index in [4.69, 9.17) is 0 Å². The molecule has 0 saturated carbocycles. The lowest BCUT2D eigenvalue weighted by atomic mass is 10.2. The zero-order chi connectivity index (χ0) is 13.0. The minimum absolute atomic E-state index is 0.169. The van der Waals surface area contributed by atoms with Gasteiger partial charge in [-0.05, 0) is 42.5 Å². The van der Waals surface area contributed by atoms with Gasteiger partial charge in [-0.3, -0.25) is 0 Å². The zero-order valence-electron chi connectivity index (χ0n) is 10.5. The second-order valence-corrected chi connectivity index (χ2v) is 5.15. The van der Waals surface area contributed by atoms with E-state index in [0.29, 0.717) is 6.54 Å². The van der Waals surface area contributed by atoms with Crippen LogP contribution in [0.5, 0.6) is 0 Å². The number of urea groups is 1. The fourth-order valence-electron chi connectivity index (χ4n) is 1.63. The summed E-state index contributed by atoms with van der Waals surface area (Å²) in [5.41, 5.74) is 3.12. The number of hydrogen-bond acceptors (Lipinski definition) is 2. The molecule has 94 valence electrons. The molecular formula is C14H16N2OS. The molecule has 2 amide bonds. The summed E-state index contributed by atoms with van der Waals surface area (Å²) < 4.78 is 0. The lowest BCUT2D eigenvalue weighted by Gasteiger charge is -2.09. The number of anilines is 1. The number of carbonyl (C=O) groups is 1. The van der Waals surface area contributed by atoms with Gasteiger partial charge in [-0.25, -0.2) is 4.79 Å². The lowest BCUT2D eigenvalue weighted by molar-refractivity contribution is 0.252. The topological polar surface area (TPSA) is 41.1 Å². The summed E-state index contributed by atoms with van der Waals surface area (Å²) in [6.45, 7) is 4.59. The number of thiophene rings is 1. The van der Waals surface area contributed by atoms with Crippen LogP contribution >= 0.6 is 11.3 Å². The van der Waals surface area contributed by atoms with Gasteiger partial charge in [0.05, 0.1) is 6.54 Å². The molecule has 0 aliphatic rings. The van der Waals surface area contributed by atoms with Crippen LogP contribution in [-0.2, 0) is 6.54 Å². The third-order valence-corrected chi connectivity index (χ3v) is 3.79. The molecule has 2 rings (SSSR count). The average Bonchev–Trinajstić information content (AvgIpc) is 2.75. The molecule has 0 saturated heterocycles. The van der Waals surface area contributed by atoms with Gasteiger partial charge in [0.2, 0.25) is 0 Å². The van der Waals surface area contributed by atoms with E-state index in [-0.39, 0.29) is 6.03 Å². The largest absolute Gasteiger partial charge is 0.333 e. The first kappa shape index (κ1) is 12.6. The second-order valence-electron chi connectivity index (χ2n) is 4.15. The first-order valence-electron chi connectivity index (χ1n) is 5.80. The summed E-state index contributed by atoms with van der Waals surface area (Å²) in [6.07, 6.45) is 0. The molecule has 1 aromatic carbocycles. The number of amides is 2. The number of aryl methyl sites for hydroxylation is 2. The number of benzene rings is 1. The summed E-state index contributed by atoms with van der Waals surface area (Å²) in [5, 5.41) is 7.74. The van der Waals surface area contributed by atoms with E-state index < -0.39 is 0 Å². The Morgan fingerprint density at radius 3 is 2.61 bits per heavy atom. The maximum atomic E-state index is 11.8. The molecule has 0 bridgehead atoms. The predicted octanol–water partition coefficient (Wildman–Crippen LogP) is 3.69. The van der Waals surface area contributed by atoms with Crippen LogP contribution in [0.25, 0.3) is 0 Å². The highest BCUT2D eigenvalue weighted by Crippen LogP contribution is 2.15. The van der Waals surface area contributed by atoms with Crippen LogP contribution in [0, 0.1) is 13.8 Å². The maximum absolute atomic E-state index is 11.8. The van der Waals surface area contributed by atoms with Crippen molar-refractivity contribution in [1.29, 1.82) is 0 Å². The fraction of sp³-hybridized carbons (Fsp3) is 0.214. The van der Waals surface area contributed by atoms with E-state index in [1.54, 1.807) is 11.3 Å². The van der Waals surface area contributed by atoms with Crippen molar-refractivity contribution in [3.8, 4) is 0 Å². The predicted molar refractivity (Wildman–Crippen MR) is 76.1 cm³/mol. The van der Waals surface area contributed by atoms with Crippen molar-refractivity contribution in [3.05, 3.63) is 51.7 Å². The molecule has 4 heteroatoms. The van der Waals surface area contributed by atoms with Crippen molar-refractivity contribution < 1.29 is 4.79 Å². The molecule has 1 heterocycles. The second kappa shape index (κ2) is 5.69. The quantitative estimate of drug-likeness (QED) is 0.868. The number of para-hydroxylation sites is 1. The van der Waals surface area contributed by atoms with Gasteiger partial charge in [-0.1, -0.05) is 18.2 Å². The molecule has 0 unspecified atom stereocenters. The standard InChI is InChI=1S/C14H16N2OS/c1-10-5-3-4-6-12(10)16-14(17)15-9-13-11(2)7-8-18-13/h3-8H,9H2,1-2H3,(H2,15,16,17). The van der Waals surface area contributed by atoms with Crippen molar-refractivity contribution in [2.24, 2.45) is 0 Å². The van der Waals surface area contributed by atoms with Crippen LogP contribution in [0.1, 0.15) is 16.0 Å². The van der Waals surface area contributed by atoms with Crippen LogP contribution in [0.2, 0.25) is 0 Å². The molecule has 0 fully saturated rings. The smallest absolute Gasteiger partial charge is 0.319 e. The Morgan fingerprint density at radius 1 is 1.17 bits per heavy atom. The Hall–Kier alpha value is -1.81. The van der Waals surface area contributed by atoms with Gasteiger partial charge in [0.25, 0.3) is 0 Å². The summed E-state index contributed by atoms with van der Waals surface area (Å²) in [6, 6.07) is 9.61. The highest BCUT2D eigenvalue weighted by Gasteiger charge is 2.05. The highest BCUT2D eigenvalue weighted by molar-refractivity contribution is 7.10. The maximum Gasteiger partial charge on any atom is 0.319 e. The van der Waals surface area contributed by atoms with Gasteiger partial charge in [-0.2, -0.15) is 0 Å². The van der Waals surface area contributed by atoms with Gasteiger partial charge >= 0.3 is 6.03 Å². The molecule has 1 aromatic heterocycles. The van der Waals surface area contributed by atoms with Crippen molar-refractivity contribution >= 4 is 23.1 Å². The van der Waals surface area contributed by atoms with Gasteiger partial charge < -0.3 is 10.6 Å². The molecule has 0 spiro atoms. The van der Waals surface area contributed by atoms with Crippen LogP contribution < -0.4 is 10.6 Å². The molecule has 0 aliphatic heterocycles. The minimum atomic E-state index is -0.169. The molecule has 0 radical (unpaired) electrons. The van der Waals surface area contributed by atoms with Crippen LogP contribution in [0.15, 0.2) is 35.7 Å². The van der Waals surface area contributed by atoms with Crippen LogP contribution in [0.3, 0.4) is 0 Å². The zero-order valence-corrected chi connectivity index (χ0v) is 11.3. The van der Waals surface area contributed by atoms with Gasteiger partial charge in [0.15, 0.2) is 0 Å². The first-order valence-corrected chi connectivity index (χ1v) is 6.68. The molecule has 0 atom stereocenters. The molecule has 3 nitrogen and oxygen atoms in total. The number of nitrogens with one attached hydrogen (secondary N) is 2. The fourth-order valence-corrected chi connectivity index (χ4v) is 2.47.